The first-order chi connectivity index (χ1) is 18.6. The highest BCUT2D eigenvalue weighted by Crippen LogP contribution is 2.52. The summed E-state index contributed by atoms with van der Waals surface area (Å²) in [7, 11) is 0. The molecule has 3 heterocycles. The zero-order valence-electron chi connectivity index (χ0n) is 25.7. The molecule has 5 nitrogen and oxygen atoms in total. The van der Waals surface area contributed by atoms with Gasteiger partial charge in [-0.05, 0) is 81.0 Å². The molecule has 6 aliphatic rings. The predicted molar refractivity (Wildman–Crippen MR) is 155 cm³/mol. The Kier molecular flexibility index (Phi) is 15.5. The van der Waals surface area contributed by atoms with E-state index in [0.717, 1.165) is 57.2 Å². The van der Waals surface area contributed by atoms with E-state index in [9.17, 15) is 0 Å². The van der Waals surface area contributed by atoms with E-state index in [4.69, 9.17) is 23.7 Å². The number of unbranched alkanes of at least 4 members (excludes halogenated alkanes) is 2. The molecule has 6 fully saturated rings. The van der Waals surface area contributed by atoms with Crippen LogP contribution in [-0.4, -0.2) is 57.6 Å². The molecule has 0 amide bonds. The number of hydrogen-bond donors (Lipinski definition) is 0. The van der Waals surface area contributed by atoms with Crippen molar-refractivity contribution in [3.8, 4) is 0 Å². The van der Waals surface area contributed by atoms with E-state index in [-0.39, 0.29) is 6.29 Å². The molecule has 0 aromatic heterocycles. The second kappa shape index (κ2) is 18.3. The molecule has 0 radical (unpaired) electrons. The molecule has 0 N–H and O–H groups in total. The quantitative estimate of drug-likeness (QED) is 0.175. The van der Waals surface area contributed by atoms with Crippen LogP contribution in [-0.2, 0) is 23.7 Å². The van der Waals surface area contributed by atoms with Crippen LogP contribution in [0.2, 0.25) is 0 Å². The average molecular weight is 539 g/mol. The molecular formula is C33H62O5. The van der Waals surface area contributed by atoms with Crippen molar-refractivity contribution in [1.29, 1.82) is 0 Å². The summed E-state index contributed by atoms with van der Waals surface area (Å²) in [5, 5.41) is 0. The molecule has 224 valence electrons. The van der Waals surface area contributed by atoms with Gasteiger partial charge < -0.3 is 23.7 Å². The summed E-state index contributed by atoms with van der Waals surface area (Å²) in [5.41, 5.74) is 0. The molecule has 3 saturated carbocycles. The Hall–Kier alpha value is -0.200. The average Bonchev–Trinajstić information content (AvgIpc) is 3.77. The zero-order chi connectivity index (χ0) is 27.2. The van der Waals surface area contributed by atoms with Crippen molar-refractivity contribution in [1.82, 2.24) is 0 Å². The molecule has 0 spiro atoms. The Morgan fingerprint density at radius 1 is 0.763 bits per heavy atom. The summed E-state index contributed by atoms with van der Waals surface area (Å²) >= 11 is 0. The summed E-state index contributed by atoms with van der Waals surface area (Å²) in [6.45, 7) is 15.6. The molecule has 38 heavy (non-hydrogen) atoms. The fourth-order valence-electron chi connectivity index (χ4n) is 6.02. The topological polar surface area (TPSA) is 56.0 Å². The minimum absolute atomic E-state index is 0.154. The van der Waals surface area contributed by atoms with Gasteiger partial charge in [-0.1, -0.05) is 73.1 Å². The summed E-state index contributed by atoms with van der Waals surface area (Å²) in [6, 6.07) is 0. The van der Waals surface area contributed by atoms with Crippen molar-refractivity contribution in [2.45, 2.75) is 149 Å². The van der Waals surface area contributed by atoms with Crippen molar-refractivity contribution in [2.75, 3.05) is 33.0 Å². The molecule has 0 aromatic rings. The van der Waals surface area contributed by atoms with E-state index in [1.807, 2.05) is 0 Å². The number of epoxide rings is 3. The van der Waals surface area contributed by atoms with E-state index in [2.05, 4.69) is 34.6 Å². The van der Waals surface area contributed by atoms with Crippen LogP contribution in [0.5, 0.6) is 0 Å². The predicted octanol–water partition coefficient (Wildman–Crippen LogP) is 8.18. The first kappa shape index (κ1) is 32.3. The molecule has 0 aromatic carbocycles. The van der Waals surface area contributed by atoms with Gasteiger partial charge in [-0.2, -0.15) is 0 Å². The van der Waals surface area contributed by atoms with Crippen LogP contribution in [0.1, 0.15) is 125 Å². The minimum Gasteiger partial charge on any atom is -0.379 e. The molecule has 5 heteroatoms. The minimum atomic E-state index is 0.154. The molecule has 9 unspecified atom stereocenters. The highest BCUT2D eigenvalue weighted by Gasteiger charge is 2.44. The maximum absolute atomic E-state index is 5.50. The number of fused-ring (bicyclic) bond motifs is 2. The standard InChI is InChI=1S/C10H18O.C10H18.C7H14O2.C6H12O2/c1-3-7(2)8-4-5-9-10(6-8)11-9;1-2-3-8-4-5-9-7-10(9)6-8;1-2-3-4-8-5-7-6-9-7;1-2-3-4-7-6-5-8-6/h7-10H,3-6H2,1-2H3;8-10H,2-7H2,1H3;7H,2-6H2,1H3;6H,2-5H2,1H3. The molecule has 9 atom stereocenters. The summed E-state index contributed by atoms with van der Waals surface area (Å²) in [5.74, 6) is 5.37. The third-order valence-corrected chi connectivity index (χ3v) is 9.29. The van der Waals surface area contributed by atoms with Crippen molar-refractivity contribution in [3.63, 3.8) is 0 Å². The van der Waals surface area contributed by atoms with Crippen LogP contribution in [0.3, 0.4) is 0 Å². The van der Waals surface area contributed by atoms with E-state index in [1.165, 1.54) is 69.6 Å². The van der Waals surface area contributed by atoms with Crippen LogP contribution < -0.4 is 0 Å². The Morgan fingerprint density at radius 2 is 1.53 bits per heavy atom. The Morgan fingerprint density at radius 3 is 2.13 bits per heavy atom. The van der Waals surface area contributed by atoms with Crippen molar-refractivity contribution in [2.24, 2.45) is 29.6 Å². The third-order valence-electron chi connectivity index (χ3n) is 9.29. The molecule has 3 aliphatic carbocycles. The van der Waals surface area contributed by atoms with Gasteiger partial charge in [0.25, 0.3) is 0 Å². The van der Waals surface area contributed by atoms with E-state index in [0.29, 0.717) is 18.3 Å². The fraction of sp³-hybridized carbons (Fsp3) is 1.00. The van der Waals surface area contributed by atoms with Gasteiger partial charge in [0.1, 0.15) is 12.7 Å². The molecule has 3 aliphatic heterocycles. The number of rotatable bonds is 13. The zero-order valence-corrected chi connectivity index (χ0v) is 25.7. The Bertz CT molecular complexity index is 592. The first-order valence-corrected chi connectivity index (χ1v) is 16.7. The molecule has 0 bridgehead atoms. The van der Waals surface area contributed by atoms with Gasteiger partial charge in [0.2, 0.25) is 0 Å². The van der Waals surface area contributed by atoms with Crippen LogP contribution >= 0.6 is 0 Å². The first-order valence-electron chi connectivity index (χ1n) is 16.7. The highest BCUT2D eigenvalue weighted by atomic mass is 16.8. The van der Waals surface area contributed by atoms with Crippen LogP contribution in [0.15, 0.2) is 0 Å². The van der Waals surface area contributed by atoms with Crippen LogP contribution in [0, 0.1) is 29.6 Å². The largest absolute Gasteiger partial charge is 0.379 e. The van der Waals surface area contributed by atoms with Crippen molar-refractivity contribution < 1.29 is 23.7 Å². The maximum atomic E-state index is 5.50. The Balaban J connectivity index is 0.000000141. The Labute approximate surface area is 235 Å². The summed E-state index contributed by atoms with van der Waals surface area (Å²) in [4.78, 5) is 0. The molecule has 3 saturated heterocycles. The van der Waals surface area contributed by atoms with Crippen molar-refractivity contribution in [3.05, 3.63) is 0 Å². The maximum Gasteiger partial charge on any atom is 0.181 e. The van der Waals surface area contributed by atoms with E-state index in [1.54, 1.807) is 25.7 Å². The SMILES string of the molecule is CCC(C)C1CCC2OC2C1.CCCC1CCC2CC2C1.CCCCOC1CO1.CCCCOCC1CO1. The van der Waals surface area contributed by atoms with Gasteiger partial charge in [0.05, 0.1) is 25.4 Å². The highest BCUT2D eigenvalue weighted by molar-refractivity contribution is 4.93. The lowest BCUT2D eigenvalue weighted by molar-refractivity contribution is 0.0486. The molecule has 6 rings (SSSR count). The van der Waals surface area contributed by atoms with Crippen LogP contribution in [0.4, 0.5) is 0 Å². The van der Waals surface area contributed by atoms with Gasteiger partial charge in [-0.15, -0.1) is 0 Å². The normalized spacial score (nSPS) is 35.9. The van der Waals surface area contributed by atoms with Crippen molar-refractivity contribution >= 4 is 0 Å². The fourth-order valence-corrected chi connectivity index (χ4v) is 6.02. The lowest BCUT2D eigenvalue weighted by Crippen LogP contribution is -2.19. The second-order valence-electron chi connectivity index (χ2n) is 12.8. The lowest BCUT2D eigenvalue weighted by Gasteiger charge is -2.24. The van der Waals surface area contributed by atoms with E-state index < -0.39 is 0 Å². The van der Waals surface area contributed by atoms with Crippen LogP contribution in [0.25, 0.3) is 0 Å². The second-order valence-corrected chi connectivity index (χ2v) is 12.8. The van der Waals surface area contributed by atoms with Gasteiger partial charge in [-0.25, -0.2) is 0 Å². The third kappa shape index (κ3) is 13.9. The van der Waals surface area contributed by atoms with Gasteiger partial charge >= 0.3 is 0 Å². The van der Waals surface area contributed by atoms with E-state index >= 15 is 0 Å². The number of hydrogen-bond acceptors (Lipinski definition) is 5. The monoisotopic (exact) mass is 538 g/mol. The van der Waals surface area contributed by atoms with Gasteiger partial charge in [-0.3, -0.25) is 0 Å². The van der Waals surface area contributed by atoms with Gasteiger partial charge in [0.15, 0.2) is 6.29 Å². The lowest BCUT2D eigenvalue weighted by atomic mass is 9.80. The summed E-state index contributed by atoms with van der Waals surface area (Å²) in [6.07, 6.45) is 21.3. The molecular weight excluding hydrogens is 476 g/mol. The number of ether oxygens (including phenoxy) is 5. The van der Waals surface area contributed by atoms with Gasteiger partial charge in [0, 0.05) is 13.2 Å². The smallest absolute Gasteiger partial charge is 0.181 e. The summed E-state index contributed by atoms with van der Waals surface area (Å²) < 4.78 is 25.7.